The minimum Gasteiger partial charge on any atom is -0.394 e. The average Bonchev–Trinajstić information content (AvgIpc) is 2.61. The number of piperazine rings is 1. The number of benzene rings is 2. The van der Waals surface area contributed by atoms with E-state index in [-0.39, 0.29) is 30.5 Å². The van der Waals surface area contributed by atoms with Crippen molar-refractivity contribution in [3.8, 4) is 0 Å². The van der Waals surface area contributed by atoms with Crippen LogP contribution in [0.3, 0.4) is 0 Å². The van der Waals surface area contributed by atoms with Crippen LogP contribution in [0.4, 0.5) is 0 Å². The largest absolute Gasteiger partial charge is 0.394 e. The first-order valence-electron chi connectivity index (χ1n) is 9.02. The third kappa shape index (κ3) is 3.20. The second-order valence-electron chi connectivity index (χ2n) is 7.35. The molecule has 2 saturated heterocycles. The zero-order valence-corrected chi connectivity index (χ0v) is 16.4. The van der Waals surface area contributed by atoms with E-state index in [1.165, 1.54) is 16.7 Å². The number of carbonyl (C=O) groups is 1. The van der Waals surface area contributed by atoms with Gasteiger partial charge in [-0.2, -0.15) is 0 Å². The highest BCUT2D eigenvalue weighted by molar-refractivity contribution is 9.10. The van der Waals surface area contributed by atoms with E-state index >= 15 is 0 Å². The molecule has 2 aromatic rings. The van der Waals surface area contributed by atoms with Crippen LogP contribution in [-0.4, -0.2) is 52.6 Å². The third-order valence-electron chi connectivity index (χ3n) is 5.60. The fraction of sp³-hybridized carbons (Fsp3) is 0.381. The van der Waals surface area contributed by atoms with Gasteiger partial charge in [0, 0.05) is 23.5 Å². The van der Waals surface area contributed by atoms with Crippen LogP contribution in [-0.2, 0) is 11.3 Å². The summed E-state index contributed by atoms with van der Waals surface area (Å²) in [5.41, 5.74) is 3.67. The van der Waals surface area contributed by atoms with Crippen LogP contribution in [0.25, 0.3) is 0 Å². The molecule has 0 spiro atoms. The van der Waals surface area contributed by atoms with E-state index in [2.05, 4.69) is 64.2 Å². The van der Waals surface area contributed by atoms with Gasteiger partial charge in [-0.05, 0) is 30.2 Å². The highest BCUT2D eigenvalue weighted by Gasteiger charge is 2.53. The minimum absolute atomic E-state index is 0.0148. The van der Waals surface area contributed by atoms with Crippen LogP contribution in [0.1, 0.15) is 22.6 Å². The van der Waals surface area contributed by atoms with Crippen LogP contribution in [0.2, 0.25) is 0 Å². The van der Waals surface area contributed by atoms with Crippen molar-refractivity contribution in [1.82, 2.24) is 9.80 Å². The zero-order chi connectivity index (χ0) is 18.3. The molecule has 3 atom stereocenters. The molecule has 0 bridgehead atoms. The van der Waals surface area contributed by atoms with Crippen molar-refractivity contribution in [2.75, 3.05) is 19.7 Å². The highest BCUT2D eigenvalue weighted by Crippen LogP contribution is 2.43. The molecule has 2 heterocycles. The number of hydrogen-bond acceptors (Lipinski definition) is 3. The van der Waals surface area contributed by atoms with Crippen molar-refractivity contribution in [2.24, 2.45) is 0 Å². The molecular weight excluding hydrogens is 392 g/mol. The van der Waals surface area contributed by atoms with E-state index in [1.54, 1.807) is 0 Å². The molecule has 136 valence electrons. The summed E-state index contributed by atoms with van der Waals surface area (Å²) in [6.45, 7) is 4.15. The second-order valence-corrected chi connectivity index (χ2v) is 8.27. The average molecular weight is 415 g/mol. The summed E-state index contributed by atoms with van der Waals surface area (Å²) in [6.07, 6.45) is 0. The lowest BCUT2D eigenvalue weighted by molar-refractivity contribution is -0.162. The Morgan fingerprint density at radius 3 is 2.46 bits per heavy atom. The SMILES string of the molecule is Cc1ccc(CN2CC(=O)N3[C@H](C2)[C@H](c2ccc(Br)cc2)[C@@H]3CO)cc1. The van der Waals surface area contributed by atoms with Gasteiger partial charge >= 0.3 is 0 Å². The maximum Gasteiger partial charge on any atom is 0.237 e. The second kappa shape index (κ2) is 7.14. The number of aliphatic hydroxyl groups excluding tert-OH is 1. The molecule has 5 heteroatoms. The number of nitrogens with zero attached hydrogens (tertiary/aromatic N) is 2. The van der Waals surface area contributed by atoms with Crippen LogP contribution >= 0.6 is 15.9 Å². The van der Waals surface area contributed by atoms with Crippen molar-refractivity contribution in [3.05, 3.63) is 69.7 Å². The van der Waals surface area contributed by atoms with Crippen LogP contribution in [0.5, 0.6) is 0 Å². The molecule has 2 fully saturated rings. The van der Waals surface area contributed by atoms with Gasteiger partial charge in [-0.1, -0.05) is 57.9 Å². The van der Waals surface area contributed by atoms with E-state index < -0.39 is 0 Å². The molecule has 0 saturated carbocycles. The minimum atomic E-state index is -0.102. The van der Waals surface area contributed by atoms with Crippen LogP contribution in [0, 0.1) is 6.92 Å². The predicted octanol–water partition coefficient (Wildman–Crippen LogP) is 2.93. The summed E-state index contributed by atoms with van der Waals surface area (Å²) in [4.78, 5) is 16.8. The van der Waals surface area contributed by atoms with E-state index in [0.717, 1.165) is 17.6 Å². The van der Waals surface area contributed by atoms with Gasteiger partial charge in [-0.25, -0.2) is 0 Å². The zero-order valence-electron chi connectivity index (χ0n) is 14.8. The van der Waals surface area contributed by atoms with Crippen molar-refractivity contribution in [3.63, 3.8) is 0 Å². The van der Waals surface area contributed by atoms with Gasteiger partial charge in [0.15, 0.2) is 0 Å². The van der Waals surface area contributed by atoms with E-state index in [1.807, 2.05) is 17.0 Å². The standard InChI is InChI=1S/C21H23BrN2O2/c1-14-2-4-15(5-3-14)10-23-11-18-21(16-6-8-17(22)9-7-16)19(13-25)24(18)20(26)12-23/h2-9,18-19,21,25H,10-13H2,1H3/t18-,19+,21+/m1/s1. The Kier molecular flexibility index (Phi) is 4.86. The first-order chi connectivity index (χ1) is 12.6. The molecule has 0 radical (unpaired) electrons. The molecule has 1 amide bonds. The summed E-state index contributed by atoms with van der Waals surface area (Å²) in [5, 5.41) is 9.84. The van der Waals surface area contributed by atoms with Crippen molar-refractivity contribution in [1.29, 1.82) is 0 Å². The van der Waals surface area contributed by atoms with E-state index in [9.17, 15) is 9.90 Å². The number of fused-ring (bicyclic) bond motifs is 1. The first kappa shape index (κ1) is 17.7. The molecule has 2 aliphatic rings. The Hall–Kier alpha value is -1.69. The molecule has 0 aromatic heterocycles. The highest BCUT2D eigenvalue weighted by atomic mass is 79.9. The molecule has 1 N–H and O–H groups in total. The van der Waals surface area contributed by atoms with Gasteiger partial charge in [0.1, 0.15) is 0 Å². The first-order valence-corrected chi connectivity index (χ1v) is 9.81. The van der Waals surface area contributed by atoms with Gasteiger partial charge in [-0.3, -0.25) is 9.69 Å². The number of halogens is 1. The normalized spacial score (nSPS) is 25.7. The summed E-state index contributed by atoms with van der Waals surface area (Å²) in [6, 6.07) is 16.8. The van der Waals surface area contributed by atoms with Crippen molar-refractivity contribution in [2.45, 2.75) is 31.5 Å². The number of carbonyl (C=O) groups excluding carboxylic acids is 1. The Balaban J connectivity index is 1.53. The number of hydrogen-bond donors (Lipinski definition) is 1. The quantitative estimate of drug-likeness (QED) is 0.836. The molecule has 2 aromatic carbocycles. The maximum atomic E-state index is 12.7. The number of amides is 1. The molecular formula is C21H23BrN2O2. The summed E-state index contributed by atoms with van der Waals surface area (Å²) in [5.74, 6) is 0.318. The monoisotopic (exact) mass is 414 g/mol. The van der Waals surface area contributed by atoms with Gasteiger partial charge in [0.05, 0.1) is 25.2 Å². The predicted molar refractivity (Wildman–Crippen MR) is 105 cm³/mol. The Morgan fingerprint density at radius 2 is 1.81 bits per heavy atom. The fourth-order valence-corrected chi connectivity index (χ4v) is 4.59. The lowest BCUT2D eigenvalue weighted by Crippen LogP contribution is -2.72. The smallest absolute Gasteiger partial charge is 0.237 e. The molecule has 0 aliphatic carbocycles. The Labute approximate surface area is 162 Å². The molecule has 2 aliphatic heterocycles. The van der Waals surface area contributed by atoms with Crippen LogP contribution < -0.4 is 0 Å². The number of rotatable bonds is 4. The van der Waals surface area contributed by atoms with Gasteiger partial charge in [-0.15, -0.1) is 0 Å². The third-order valence-corrected chi connectivity index (χ3v) is 6.13. The summed E-state index contributed by atoms with van der Waals surface area (Å²) in [7, 11) is 0. The fourth-order valence-electron chi connectivity index (χ4n) is 4.32. The van der Waals surface area contributed by atoms with Gasteiger partial charge in [0.25, 0.3) is 0 Å². The lowest BCUT2D eigenvalue weighted by Gasteiger charge is -2.59. The number of aliphatic hydroxyl groups is 1. The van der Waals surface area contributed by atoms with E-state index in [4.69, 9.17) is 0 Å². The Bertz CT molecular complexity index is 791. The maximum absolute atomic E-state index is 12.7. The molecule has 4 nitrogen and oxygen atoms in total. The van der Waals surface area contributed by atoms with Crippen molar-refractivity contribution < 1.29 is 9.90 Å². The summed E-state index contributed by atoms with van der Waals surface area (Å²) >= 11 is 3.47. The number of aryl methyl sites for hydroxylation is 1. The van der Waals surface area contributed by atoms with Gasteiger partial charge < -0.3 is 10.0 Å². The van der Waals surface area contributed by atoms with Crippen molar-refractivity contribution >= 4 is 21.8 Å². The molecule has 26 heavy (non-hydrogen) atoms. The van der Waals surface area contributed by atoms with E-state index in [0.29, 0.717) is 6.54 Å². The topological polar surface area (TPSA) is 43.8 Å². The molecule has 4 rings (SSSR count). The lowest BCUT2D eigenvalue weighted by atomic mass is 9.74. The Morgan fingerprint density at radius 1 is 1.12 bits per heavy atom. The van der Waals surface area contributed by atoms with Crippen LogP contribution in [0.15, 0.2) is 53.0 Å². The van der Waals surface area contributed by atoms with Gasteiger partial charge in [0.2, 0.25) is 5.91 Å². The molecule has 0 unspecified atom stereocenters. The summed E-state index contributed by atoms with van der Waals surface area (Å²) < 4.78 is 1.04.